The molecule has 1 aliphatic heterocycles. The average Bonchev–Trinajstić information content (AvgIpc) is 2.47. The Balaban J connectivity index is 2.30. The molecule has 102 valence electrons. The lowest BCUT2D eigenvalue weighted by Crippen LogP contribution is -2.34. The molecule has 0 spiro atoms. The van der Waals surface area contributed by atoms with Gasteiger partial charge in [0.15, 0.2) is 0 Å². The Morgan fingerprint density at radius 1 is 1.47 bits per heavy atom. The Hall–Kier alpha value is -1.28. The van der Waals surface area contributed by atoms with E-state index in [9.17, 15) is 10.4 Å². The zero-order chi connectivity index (χ0) is 13.9. The second kappa shape index (κ2) is 5.79. The second-order valence-corrected chi connectivity index (χ2v) is 5.08. The number of methoxy groups -OCH3 is 1. The number of hydrogen-bond acceptors (Lipinski definition) is 4. The minimum Gasteiger partial charge on any atom is -0.495 e. The van der Waals surface area contributed by atoms with Crippen LogP contribution in [0.5, 0.6) is 5.75 Å². The maximum absolute atomic E-state index is 10.5. The molecule has 0 saturated carbocycles. The van der Waals surface area contributed by atoms with Gasteiger partial charge in [-0.1, -0.05) is 17.7 Å². The van der Waals surface area contributed by atoms with Crippen LogP contribution in [0.4, 0.5) is 0 Å². The standard InChI is InChI=1S/C14H16ClNO3/c1-18-12-3-2-10(8-11(12)15)13(17)14(9-16)4-6-19-7-5-14/h2-3,8,13,17H,4-7H2,1H3. The summed E-state index contributed by atoms with van der Waals surface area (Å²) in [6.45, 7) is 0.989. The summed E-state index contributed by atoms with van der Waals surface area (Å²) in [4.78, 5) is 0. The van der Waals surface area contributed by atoms with Gasteiger partial charge < -0.3 is 14.6 Å². The van der Waals surface area contributed by atoms with Gasteiger partial charge in [0.1, 0.15) is 5.75 Å². The van der Waals surface area contributed by atoms with E-state index in [1.54, 1.807) is 18.2 Å². The molecule has 0 amide bonds. The molecule has 1 fully saturated rings. The van der Waals surface area contributed by atoms with E-state index in [0.717, 1.165) is 0 Å². The number of ether oxygens (including phenoxy) is 2. The summed E-state index contributed by atoms with van der Waals surface area (Å²) in [5, 5.41) is 20.4. The van der Waals surface area contributed by atoms with Crippen molar-refractivity contribution in [3.05, 3.63) is 28.8 Å². The third-order valence-corrected chi connectivity index (χ3v) is 3.92. The summed E-state index contributed by atoms with van der Waals surface area (Å²) in [6, 6.07) is 7.35. The Morgan fingerprint density at radius 2 is 2.16 bits per heavy atom. The van der Waals surface area contributed by atoms with E-state index in [4.69, 9.17) is 21.1 Å². The lowest BCUT2D eigenvalue weighted by molar-refractivity contribution is -0.0310. The summed E-state index contributed by atoms with van der Waals surface area (Å²) in [5.41, 5.74) is -0.162. The molecular formula is C14H16ClNO3. The van der Waals surface area contributed by atoms with Gasteiger partial charge in [0.05, 0.1) is 29.7 Å². The Bertz CT molecular complexity index is 492. The lowest BCUT2D eigenvalue weighted by atomic mass is 9.74. The molecule has 1 atom stereocenters. The largest absolute Gasteiger partial charge is 0.495 e. The van der Waals surface area contributed by atoms with Crippen LogP contribution in [0.15, 0.2) is 18.2 Å². The zero-order valence-electron chi connectivity index (χ0n) is 10.7. The van der Waals surface area contributed by atoms with Gasteiger partial charge in [-0.25, -0.2) is 0 Å². The molecular weight excluding hydrogens is 266 g/mol. The Morgan fingerprint density at radius 3 is 2.68 bits per heavy atom. The normalized spacial score (nSPS) is 19.5. The number of benzene rings is 1. The first-order valence-electron chi connectivity index (χ1n) is 6.13. The molecule has 1 saturated heterocycles. The van der Waals surface area contributed by atoms with Crippen LogP contribution < -0.4 is 4.74 Å². The number of aliphatic hydroxyl groups excluding tert-OH is 1. The molecule has 0 aromatic heterocycles. The van der Waals surface area contributed by atoms with Crippen LogP contribution in [-0.2, 0) is 4.74 Å². The number of hydrogen-bond donors (Lipinski definition) is 1. The van der Waals surface area contributed by atoms with E-state index in [0.29, 0.717) is 42.4 Å². The third-order valence-electron chi connectivity index (χ3n) is 3.62. The fourth-order valence-corrected chi connectivity index (χ4v) is 2.62. The van der Waals surface area contributed by atoms with Crippen molar-refractivity contribution in [3.63, 3.8) is 0 Å². The van der Waals surface area contributed by atoms with Crippen molar-refractivity contribution in [2.24, 2.45) is 5.41 Å². The molecule has 4 nitrogen and oxygen atoms in total. The van der Waals surface area contributed by atoms with Crippen molar-refractivity contribution in [2.75, 3.05) is 20.3 Å². The highest BCUT2D eigenvalue weighted by Crippen LogP contribution is 2.43. The summed E-state index contributed by atoms with van der Waals surface area (Å²) < 4.78 is 10.3. The highest BCUT2D eigenvalue weighted by atomic mass is 35.5. The predicted molar refractivity (Wildman–Crippen MR) is 71.1 cm³/mol. The number of nitrogens with zero attached hydrogens (tertiary/aromatic N) is 1. The summed E-state index contributed by atoms with van der Waals surface area (Å²) in [6.07, 6.45) is 0.174. The molecule has 1 N–H and O–H groups in total. The van der Waals surface area contributed by atoms with Gasteiger partial charge in [0.25, 0.3) is 0 Å². The summed E-state index contributed by atoms with van der Waals surface area (Å²) in [5.74, 6) is 0.551. The average molecular weight is 282 g/mol. The van der Waals surface area contributed by atoms with Crippen molar-refractivity contribution in [1.82, 2.24) is 0 Å². The van der Waals surface area contributed by atoms with Crippen LogP contribution in [0.25, 0.3) is 0 Å². The molecule has 2 rings (SSSR count). The first-order valence-corrected chi connectivity index (χ1v) is 6.51. The van der Waals surface area contributed by atoms with Crippen LogP contribution in [0.2, 0.25) is 5.02 Å². The smallest absolute Gasteiger partial charge is 0.137 e. The van der Waals surface area contributed by atoms with Gasteiger partial charge in [-0.2, -0.15) is 5.26 Å². The van der Waals surface area contributed by atoms with Gasteiger partial charge in [0.2, 0.25) is 0 Å². The molecule has 1 heterocycles. The Kier molecular flexibility index (Phi) is 4.31. The highest BCUT2D eigenvalue weighted by molar-refractivity contribution is 6.32. The van der Waals surface area contributed by atoms with Gasteiger partial charge in [-0.05, 0) is 30.5 Å². The second-order valence-electron chi connectivity index (χ2n) is 4.68. The van der Waals surface area contributed by atoms with Gasteiger partial charge in [-0.3, -0.25) is 0 Å². The van der Waals surface area contributed by atoms with Crippen LogP contribution >= 0.6 is 11.6 Å². The molecule has 19 heavy (non-hydrogen) atoms. The van der Waals surface area contributed by atoms with E-state index < -0.39 is 11.5 Å². The maximum atomic E-state index is 10.5. The van der Waals surface area contributed by atoms with Gasteiger partial charge in [-0.15, -0.1) is 0 Å². The predicted octanol–water partition coefficient (Wildman–Crippen LogP) is 2.70. The lowest BCUT2D eigenvalue weighted by Gasteiger charge is -2.35. The van der Waals surface area contributed by atoms with Crippen LogP contribution in [0.1, 0.15) is 24.5 Å². The number of nitriles is 1. The monoisotopic (exact) mass is 281 g/mol. The number of halogens is 1. The van der Waals surface area contributed by atoms with Crippen molar-refractivity contribution < 1.29 is 14.6 Å². The van der Waals surface area contributed by atoms with Crippen molar-refractivity contribution >= 4 is 11.6 Å². The van der Waals surface area contributed by atoms with Gasteiger partial charge in [0, 0.05) is 13.2 Å². The zero-order valence-corrected chi connectivity index (χ0v) is 11.5. The van der Waals surface area contributed by atoms with E-state index >= 15 is 0 Å². The molecule has 5 heteroatoms. The number of rotatable bonds is 3. The SMILES string of the molecule is COc1ccc(C(O)C2(C#N)CCOCC2)cc1Cl. The molecule has 1 aromatic carbocycles. The minimum absolute atomic E-state index is 0.430. The molecule has 1 unspecified atom stereocenters. The van der Waals surface area contributed by atoms with Crippen LogP contribution in [-0.4, -0.2) is 25.4 Å². The molecule has 1 aromatic rings. The van der Waals surface area contributed by atoms with E-state index in [1.165, 1.54) is 7.11 Å². The maximum Gasteiger partial charge on any atom is 0.137 e. The molecule has 0 radical (unpaired) electrons. The quantitative estimate of drug-likeness (QED) is 0.925. The Labute approximate surface area is 117 Å². The number of aliphatic hydroxyl groups is 1. The molecule has 0 bridgehead atoms. The topological polar surface area (TPSA) is 62.5 Å². The van der Waals surface area contributed by atoms with Crippen molar-refractivity contribution in [2.45, 2.75) is 18.9 Å². The van der Waals surface area contributed by atoms with Crippen LogP contribution in [0, 0.1) is 16.7 Å². The summed E-state index contributed by atoms with van der Waals surface area (Å²) >= 11 is 6.06. The molecule has 1 aliphatic rings. The van der Waals surface area contributed by atoms with Gasteiger partial charge >= 0.3 is 0 Å². The third kappa shape index (κ3) is 2.69. The van der Waals surface area contributed by atoms with Crippen molar-refractivity contribution in [3.8, 4) is 11.8 Å². The minimum atomic E-state index is -0.871. The first kappa shape index (κ1) is 14.1. The van der Waals surface area contributed by atoms with E-state index in [-0.39, 0.29) is 0 Å². The summed E-state index contributed by atoms with van der Waals surface area (Å²) in [7, 11) is 1.53. The van der Waals surface area contributed by atoms with Crippen LogP contribution in [0.3, 0.4) is 0 Å². The fourth-order valence-electron chi connectivity index (χ4n) is 2.35. The van der Waals surface area contributed by atoms with Crippen molar-refractivity contribution in [1.29, 1.82) is 5.26 Å². The first-order chi connectivity index (χ1) is 9.13. The van der Waals surface area contributed by atoms with E-state index in [1.807, 2.05) is 0 Å². The van der Waals surface area contributed by atoms with E-state index in [2.05, 4.69) is 6.07 Å². The fraction of sp³-hybridized carbons (Fsp3) is 0.500. The molecule has 0 aliphatic carbocycles. The highest BCUT2D eigenvalue weighted by Gasteiger charge is 2.40.